The maximum absolute atomic E-state index is 13.6. The van der Waals surface area contributed by atoms with E-state index in [1.165, 1.54) is 24.3 Å². The summed E-state index contributed by atoms with van der Waals surface area (Å²) in [6.07, 6.45) is -9.29. The smallest absolute Gasteiger partial charge is 0.416 e. The molecule has 11 heteroatoms. The number of alkyl halides is 6. The van der Waals surface area contributed by atoms with Crippen LogP contribution in [0.4, 0.5) is 37.7 Å². The molecule has 4 aromatic carbocycles. The van der Waals surface area contributed by atoms with Gasteiger partial charge in [0.05, 0.1) is 11.1 Å². The summed E-state index contributed by atoms with van der Waals surface area (Å²) < 4.78 is 81.7. The van der Waals surface area contributed by atoms with E-state index in [0.29, 0.717) is 21.2 Å². The third kappa shape index (κ3) is 7.56. The van der Waals surface area contributed by atoms with Crippen LogP contribution in [0, 0.1) is 0 Å². The fourth-order valence-electron chi connectivity index (χ4n) is 3.88. The van der Waals surface area contributed by atoms with Crippen LogP contribution in [0.1, 0.15) is 34.3 Å². The third-order valence-corrected chi connectivity index (χ3v) is 6.39. The molecule has 0 aliphatic rings. The molecule has 2 nitrogen and oxygen atoms in total. The van der Waals surface area contributed by atoms with E-state index in [-0.39, 0.29) is 27.6 Å². The van der Waals surface area contributed by atoms with Crippen LogP contribution in [0.2, 0.25) is 0 Å². The molecule has 0 amide bonds. The molecular formula is C28H18F6N2NiS2-4. The number of nitrogens with zero attached hydrogens (tertiary/aromatic N) is 2. The third-order valence-electron chi connectivity index (χ3n) is 5.70. The number of halogens is 6. The Labute approximate surface area is 243 Å². The fraction of sp³-hybridized carbons (Fsp3) is 0.143. The summed E-state index contributed by atoms with van der Waals surface area (Å²) in [5.74, 6) is 0. The molecule has 0 saturated heterocycles. The zero-order valence-electron chi connectivity index (χ0n) is 19.7. The van der Waals surface area contributed by atoms with Crippen LogP contribution >= 0.6 is 0 Å². The first-order valence-corrected chi connectivity index (χ1v) is 12.0. The molecule has 0 fully saturated rings. The van der Waals surface area contributed by atoms with Crippen molar-refractivity contribution in [2.45, 2.75) is 34.2 Å². The molecule has 0 bridgehead atoms. The molecule has 208 valence electrons. The summed E-state index contributed by atoms with van der Waals surface area (Å²) in [5, 5.41) is 9.33. The van der Waals surface area contributed by atoms with Gasteiger partial charge in [0.1, 0.15) is 0 Å². The van der Waals surface area contributed by atoms with Crippen LogP contribution in [0.5, 0.6) is 0 Å². The zero-order valence-corrected chi connectivity index (χ0v) is 22.3. The minimum Gasteiger partial charge on any atom is -0.781 e. The Kier molecular flexibility index (Phi) is 9.75. The molecule has 39 heavy (non-hydrogen) atoms. The first-order chi connectivity index (χ1) is 17.9. The molecule has 0 aromatic heterocycles. The maximum Gasteiger partial charge on any atom is 0.416 e. The monoisotopic (exact) mass is 618 g/mol. The summed E-state index contributed by atoms with van der Waals surface area (Å²) in [5.41, 5.74) is -1.05. The molecular weight excluding hydrogens is 601 g/mol. The molecule has 0 spiro atoms. The molecule has 0 heterocycles. The minimum atomic E-state index is -4.65. The van der Waals surface area contributed by atoms with Crippen LogP contribution < -0.4 is 0 Å². The first kappa shape index (κ1) is 30.5. The number of rotatable bonds is 7. The summed E-state index contributed by atoms with van der Waals surface area (Å²) >= 11 is 10.7. The van der Waals surface area contributed by atoms with Crippen LogP contribution in [0.15, 0.2) is 107 Å². The van der Waals surface area contributed by atoms with E-state index in [1.54, 1.807) is 48.5 Å². The van der Waals surface area contributed by atoms with Gasteiger partial charge in [-0.05, 0) is 12.1 Å². The van der Waals surface area contributed by atoms with Gasteiger partial charge in [0.2, 0.25) is 0 Å². The summed E-state index contributed by atoms with van der Waals surface area (Å²) in [4.78, 5) is 0.659. The van der Waals surface area contributed by atoms with Crippen LogP contribution in [-0.2, 0) is 54.1 Å². The van der Waals surface area contributed by atoms with Crippen molar-refractivity contribution >= 4 is 36.6 Å². The van der Waals surface area contributed by atoms with E-state index < -0.39 is 35.6 Å². The minimum absolute atomic E-state index is 0. The zero-order chi connectivity index (χ0) is 27.5. The molecule has 4 aromatic rings. The van der Waals surface area contributed by atoms with Gasteiger partial charge in [-0.15, -0.1) is 12.1 Å². The second-order valence-electron chi connectivity index (χ2n) is 8.33. The molecule has 0 saturated carbocycles. The van der Waals surface area contributed by atoms with Gasteiger partial charge in [-0.25, -0.2) is 0 Å². The molecule has 0 radical (unpaired) electrons. The molecule has 0 aliphatic carbocycles. The second kappa shape index (κ2) is 12.4. The topological polar surface area (TPSA) is 28.2 Å². The van der Waals surface area contributed by atoms with Crippen LogP contribution in [-0.4, -0.2) is 0 Å². The van der Waals surface area contributed by atoms with Crippen LogP contribution in [0.25, 0.3) is 10.6 Å². The van der Waals surface area contributed by atoms with Crippen molar-refractivity contribution in [1.82, 2.24) is 0 Å². The van der Waals surface area contributed by atoms with Gasteiger partial charge in [0, 0.05) is 16.5 Å². The molecule has 0 N–H and O–H groups in total. The Morgan fingerprint density at radius 2 is 0.872 bits per heavy atom. The van der Waals surface area contributed by atoms with Crippen molar-refractivity contribution in [2.75, 3.05) is 0 Å². The molecule has 2 unspecified atom stereocenters. The van der Waals surface area contributed by atoms with E-state index in [2.05, 4.69) is 10.6 Å². The summed E-state index contributed by atoms with van der Waals surface area (Å²) in [6, 6.07) is 19.7. The SMILES string of the molecule is FC(F)(F)c1cccc(C([N-]c2ccccc2[S-])C([N-]c2ccccc2[S-])c2cccc(C(F)(F)F)c2)c1.[Ni]. The molecule has 0 aliphatic heterocycles. The van der Waals surface area contributed by atoms with Gasteiger partial charge in [0.25, 0.3) is 0 Å². The fourth-order valence-corrected chi connectivity index (χ4v) is 4.28. The predicted octanol–water partition coefficient (Wildman–Crippen LogP) is 9.73. The van der Waals surface area contributed by atoms with Crippen molar-refractivity contribution in [2.24, 2.45) is 0 Å². The van der Waals surface area contributed by atoms with Gasteiger partial charge in [-0.2, -0.15) is 47.5 Å². The molecule has 4 rings (SSSR count). The normalized spacial score (nSPS) is 13.2. The number of benzene rings is 4. The quantitative estimate of drug-likeness (QED) is 0.117. The number of hydrogen-bond donors (Lipinski definition) is 0. The van der Waals surface area contributed by atoms with Crippen molar-refractivity contribution in [3.05, 3.63) is 130 Å². The predicted molar refractivity (Wildman–Crippen MR) is 139 cm³/mol. The van der Waals surface area contributed by atoms with Gasteiger partial charge in [0.15, 0.2) is 0 Å². The van der Waals surface area contributed by atoms with Gasteiger partial charge < -0.3 is 35.9 Å². The van der Waals surface area contributed by atoms with Crippen molar-refractivity contribution in [3.63, 3.8) is 0 Å². The van der Waals surface area contributed by atoms with Gasteiger partial charge in [-0.3, -0.25) is 0 Å². The Morgan fingerprint density at radius 3 is 1.21 bits per heavy atom. The Bertz CT molecular complexity index is 1300. The number of para-hydroxylation sites is 2. The number of hydrogen-bond acceptors (Lipinski definition) is 2. The van der Waals surface area contributed by atoms with E-state index in [4.69, 9.17) is 25.3 Å². The van der Waals surface area contributed by atoms with Crippen molar-refractivity contribution < 1.29 is 42.8 Å². The Balaban J connectivity index is 0.00000420. The second-order valence-corrected chi connectivity index (χ2v) is 9.21. The summed E-state index contributed by atoms with van der Waals surface area (Å²) in [6.45, 7) is 0. The average molecular weight is 619 g/mol. The largest absolute Gasteiger partial charge is 0.781 e. The standard InChI is InChI=1S/C28H20F6N2S2.Ni/c29-27(30,31)19-9-5-7-17(15-19)25(35-21-11-1-3-13-23(21)37)26(36-22-12-2-4-14-24(22)38)18-8-6-10-20(16-18)28(32,33)34;/h1-16,25-26,37-38H;/q-2;/p-2. The Hall–Kier alpha value is -3.01. The van der Waals surface area contributed by atoms with E-state index in [9.17, 15) is 26.3 Å². The summed E-state index contributed by atoms with van der Waals surface area (Å²) in [7, 11) is 0. The maximum atomic E-state index is 13.6. The van der Waals surface area contributed by atoms with Crippen LogP contribution in [0.3, 0.4) is 0 Å². The van der Waals surface area contributed by atoms with Crippen molar-refractivity contribution in [3.8, 4) is 0 Å². The van der Waals surface area contributed by atoms with E-state index in [1.807, 2.05) is 0 Å². The van der Waals surface area contributed by atoms with E-state index >= 15 is 0 Å². The Morgan fingerprint density at radius 1 is 0.513 bits per heavy atom. The van der Waals surface area contributed by atoms with Gasteiger partial charge in [-0.1, -0.05) is 96.1 Å². The average Bonchev–Trinajstić information content (AvgIpc) is 2.87. The first-order valence-electron chi connectivity index (χ1n) is 11.2. The van der Waals surface area contributed by atoms with Gasteiger partial charge >= 0.3 is 12.4 Å². The van der Waals surface area contributed by atoms with Crippen molar-refractivity contribution in [1.29, 1.82) is 0 Å². The van der Waals surface area contributed by atoms with E-state index in [0.717, 1.165) is 24.3 Å². The molecule has 2 atom stereocenters.